The molecule has 0 aromatic carbocycles. The first kappa shape index (κ1) is 9.58. The van der Waals surface area contributed by atoms with E-state index in [0.717, 1.165) is 11.4 Å². The maximum atomic E-state index is 11.5. The Kier molecular flexibility index (Phi) is 2.58. The van der Waals surface area contributed by atoms with Crippen molar-refractivity contribution in [2.24, 2.45) is 0 Å². The molecule has 0 amide bonds. The van der Waals surface area contributed by atoms with E-state index in [4.69, 9.17) is 0 Å². The molecule has 15 heavy (non-hydrogen) atoms. The van der Waals surface area contributed by atoms with Crippen molar-refractivity contribution in [3.05, 3.63) is 58.5 Å². The third kappa shape index (κ3) is 2.28. The van der Waals surface area contributed by atoms with Gasteiger partial charge in [-0.3, -0.25) is 14.3 Å². The molecular weight excluding hydrogens is 190 g/mol. The third-order valence-electron chi connectivity index (χ3n) is 2.07. The molecule has 0 fully saturated rings. The number of pyridine rings is 1. The zero-order valence-corrected chi connectivity index (χ0v) is 8.42. The number of hydrogen-bond donors (Lipinski definition) is 0. The van der Waals surface area contributed by atoms with E-state index in [1.807, 2.05) is 18.2 Å². The van der Waals surface area contributed by atoms with Gasteiger partial charge >= 0.3 is 0 Å². The van der Waals surface area contributed by atoms with Crippen LogP contribution in [0.3, 0.4) is 0 Å². The summed E-state index contributed by atoms with van der Waals surface area (Å²) in [5.74, 6) is 0. The molecule has 0 saturated carbocycles. The lowest BCUT2D eigenvalue weighted by atomic mass is 10.3. The molecule has 0 radical (unpaired) electrons. The van der Waals surface area contributed by atoms with Crippen molar-refractivity contribution >= 4 is 0 Å². The highest BCUT2D eigenvalue weighted by Crippen LogP contribution is 1.95. The second-order valence-electron chi connectivity index (χ2n) is 3.32. The maximum Gasteiger partial charge on any atom is 0.253 e. The van der Waals surface area contributed by atoms with Crippen LogP contribution in [-0.2, 0) is 6.54 Å². The molecule has 0 bridgehead atoms. The molecule has 4 heteroatoms. The van der Waals surface area contributed by atoms with Gasteiger partial charge in [-0.05, 0) is 19.1 Å². The van der Waals surface area contributed by atoms with Gasteiger partial charge in [0.2, 0.25) is 0 Å². The lowest BCUT2D eigenvalue weighted by Crippen LogP contribution is -2.20. The molecule has 0 spiro atoms. The van der Waals surface area contributed by atoms with E-state index >= 15 is 0 Å². The van der Waals surface area contributed by atoms with Crippen molar-refractivity contribution in [2.45, 2.75) is 13.5 Å². The van der Waals surface area contributed by atoms with E-state index in [1.54, 1.807) is 19.4 Å². The van der Waals surface area contributed by atoms with E-state index in [1.165, 1.54) is 10.6 Å². The number of rotatable bonds is 2. The zero-order valence-electron chi connectivity index (χ0n) is 8.42. The van der Waals surface area contributed by atoms with Crippen LogP contribution >= 0.6 is 0 Å². The van der Waals surface area contributed by atoms with Gasteiger partial charge in [0.15, 0.2) is 0 Å². The minimum Gasteiger partial charge on any atom is -0.293 e. The van der Waals surface area contributed by atoms with E-state index in [9.17, 15) is 4.79 Å². The Morgan fingerprint density at radius 3 is 2.87 bits per heavy atom. The predicted octanol–water partition coefficient (Wildman–Crippen LogP) is 0.995. The summed E-state index contributed by atoms with van der Waals surface area (Å²) in [4.78, 5) is 19.8. The highest BCUT2D eigenvalue weighted by Gasteiger charge is 1.98. The van der Waals surface area contributed by atoms with Crippen molar-refractivity contribution in [3.8, 4) is 0 Å². The molecule has 0 aliphatic rings. The Bertz CT molecular complexity index is 505. The molecule has 0 aliphatic heterocycles. The van der Waals surface area contributed by atoms with Gasteiger partial charge in [0.05, 0.1) is 18.6 Å². The molecule has 0 N–H and O–H groups in total. The number of aromatic nitrogens is 3. The van der Waals surface area contributed by atoms with Crippen LogP contribution in [-0.4, -0.2) is 14.5 Å². The maximum absolute atomic E-state index is 11.5. The SMILES string of the molecule is Cc1cc(=O)n(Cc2ccccn2)cn1. The summed E-state index contributed by atoms with van der Waals surface area (Å²) >= 11 is 0. The van der Waals surface area contributed by atoms with Gasteiger partial charge < -0.3 is 0 Å². The Labute approximate surface area is 87.2 Å². The number of hydrogen-bond acceptors (Lipinski definition) is 3. The molecule has 4 nitrogen and oxygen atoms in total. The minimum absolute atomic E-state index is 0.0480. The van der Waals surface area contributed by atoms with Gasteiger partial charge in [-0.2, -0.15) is 0 Å². The first-order valence-corrected chi connectivity index (χ1v) is 4.69. The van der Waals surface area contributed by atoms with E-state index in [0.29, 0.717) is 6.54 Å². The standard InChI is InChI=1S/C11H11N3O/c1-9-6-11(15)14(8-13-9)7-10-4-2-3-5-12-10/h2-6,8H,7H2,1H3. The molecule has 76 valence electrons. The van der Waals surface area contributed by atoms with Crippen LogP contribution in [0.25, 0.3) is 0 Å². The molecule has 2 aromatic heterocycles. The van der Waals surface area contributed by atoms with Crippen molar-refractivity contribution in [1.29, 1.82) is 0 Å². The van der Waals surface area contributed by atoms with Gasteiger partial charge in [0.25, 0.3) is 5.56 Å². The van der Waals surface area contributed by atoms with Crippen LogP contribution in [0.2, 0.25) is 0 Å². The molecule has 2 rings (SSSR count). The van der Waals surface area contributed by atoms with Crippen molar-refractivity contribution in [2.75, 3.05) is 0 Å². The third-order valence-corrected chi connectivity index (χ3v) is 2.07. The first-order chi connectivity index (χ1) is 7.25. The highest BCUT2D eigenvalue weighted by molar-refractivity contribution is 5.05. The second-order valence-corrected chi connectivity index (χ2v) is 3.32. The van der Waals surface area contributed by atoms with Gasteiger partial charge in [-0.25, -0.2) is 4.98 Å². The molecule has 0 saturated heterocycles. The van der Waals surface area contributed by atoms with Crippen LogP contribution in [0.15, 0.2) is 41.6 Å². The van der Waals surface area contributed by atoms with Gasteiger partial charge in [-0.1, -0.05) is 6.07 Å². The smallest absolute Gasteiger partial charge is 0.253 e. The largest absolute Gasteiger partial charge is 0.293 e. The summed E-state index contributed by atoms with van der Waals surface area (Å²) < 4.78 is 1.54. The Hall–Kier alpha value is -1.97. The zero-order chi connectivity index (χ0) is 10.7. The van der Waals surface area contributed by atoms with Crippen LogP contribution in [0.1, 0.15) is 11.4 Å². The van der Waals surface area contributed by atoms with Crippen molar-refractivity contribution in [1.82, 2.24) is 14.5 Å². The summed E-state index contributed by atoms with van der Waals surface area (Å²) in [6.07, 6.45) is 3.26. The van der Waals surface area contributed by atoms with E-state index < -0.39 is 0 Å². The predicted molar refractivity (Wildman–Crippen MR) is 56.6 cm³/mol. The fourth-order valence-corrected chi connectivity index (χ4v) is 1.30. The summed E-state index contributed by atoms with van der Waals surface area (Å²) in [5, 5.41) is 0. The molecule has 0 unspecified atom stereocenters. The number of nitrogens with zero attached hydrogens (tertiary/aromatic N) is 3. The minimum atomic E-state index is -0.0480. The van der Waals surface area contributed by atoms with Gasteiger partial charge in [-0.15, -0.1) is 0 Å². The Morgan fingerprint density at radius 1 is 1.33 bits per heavy atom. The van der Waals surface area contributed by atoms with Gasteiger partial charge in [0.1, 0.15) is 0 Å². The Morgan fingerprint density at radius 2 is 2.20 bits per heavy atom. The van der Waals surface area contributed by atoms with Crippen LogP contribution in [0, 0.1) is 6.92 Å². The normalized spacial score (nSPS) is 10.2. The summed E-state index contributed by atoms with van der Waals surface area (Å²) in [6, 6.07) is 7.14. The first-order valence-electron chi connectivity index (χ1n) is 4.69. The summed E-state index contributed by atoms with van der Waals surface area (Å²) in [6.45, 7) is 2.26. The molecular formula is C11H11N3O. The lowest BCUT2D eigenvalue weighted by Gasteiger charge is -2.03. The van der Waals surface area contributed by atoms with Crippen molar-refractivity contribution in [3.63, 3.8) is 0 Å². The van der Waals surface area contributed by atoms with Crippen molar-refractivity contribution < 1.29 is 0 Å². The fraction of sp³-hybridized carbons (Fsp3) is 0.182. The lowest BCUT2D eigenvalue weighted by molar-refractivity contribution is 0.714. The Balaban J connectivity index is 2.29. The van der Waals surface area contributed by atoms with E-state index in [2.05, 4.69) is 9.97 Å². The topological polar surface area (TPSA) is 47.8 Å². The number of aryl methyl sites for hydroxylation is 1. The molecule has 2 aromatic rings. The quantitative estimate of drug-likeness (QED) is 0.728. The molecule has 2 heterocycles. The summed E-state index contributed by atoms with van der Waals surface area (Å²) in [7, 11) is 0. The monoisotopic (exact) mass is 201 g/mol. The second kappa shape index (κ2) is 4.04. The van der Waals surface area contributed by atoms with Crippen LogP contribution < -0.4 is 5.56 Å². The van der Waals surface area contributed by atoms with Crippen LogP contribution in [0.5, 0.6) is 0 Å². The van der Waals surface area contributed by atoms with Gasteiger partial charge in [0, 0.05) is 18.0 Å². The summed E-state index contributed by atoms with van der Waals surface area (Å²) in [5.41, 5.74) is 1.54. The molecule has 0 aliphatic carbocycles. The molecule has 0 atom stereocenters. The van der Waals surface area contributed by atoms with E-state index in [-0.39, 0.29) is 5.56 Å². The highest BCUT2D eigenvalue weighted by atomic mass is 16.1. The average molecular weight is 201 g/mol. The average Bonchev–Trinajstić information content (AvgIpc) is 2.24. The van der Waals surface area contributed by atoms with Crippen LogP contribution in [0.4, 0.5) is 0 Å². The fourth-order valence-electron chi connectivity index (χ4n) is 1.30.